The topological polar surface area (TPSA) is 87.1 Å². The molecule has 3 aromatic rings. The van der Waals surface area contributed by atoms with Gasteiger partial charge in [0, 0.05) is 11.6 Å². The summed E-state index contributed by atoms with van der Waals surface area (Å²) in [6.45, 7) is 2.27. The highest BCUT2D eigenvalue weighted by molar-refractivity contribution is 6.51. The third-order valence-electron chi connectivity index (χ3n) is 5.26. The number of aliphatic hydroxyl groups is 1. The SMILES string of the molecule is CCOc1ccc(/C(O)=C2\C(=O)C(=O)N(c3ccc(F)cc3F)C2c2ccc(O)cc2)cc1. The molecule has 1 saturated heterocycles. The van der Waals surface area contributed by atoms with Gasteiger partial charge >= 0.3 is 0 Å². The van der Waals surface area contributed by atoms with E-state index >= 15 is 0 Å². The van der Waals surface area contributed by atoms with E-state index in [0.717, 1.165) is 17.0 Å². The maximum absolute atomic E-state index is 14.6. The number of aromatic hydroxyl groups is 1. The molecule has 33 heavy (non-hydrogen) atoms. The lowest BCUT2D eigenvalue weighted by molar-refractivity contribution is -0.132. The second-order valence-corrected chi connectivity index (χ2v) is 7.31. The van der Waals surface area contributed by atoms with E-state index in [-0.39, 0.29) is 22.6 Å². The minimum atomic E-state index is -1.21. The Morgan fingerprint density at radius 2 is 1.67 bits per heavy atom. The van der Waals surface area contributed by atoms with Crippen molar-refractivity contribution >= 4 is 23.1 Å². The molecule has 4 rings (SSSR count). The van der Waals surface area contributed by atoms with Gasteiger partial charge < -0.3 is 14.9 Å². The van der Waals surface area contributed by atoms with E-state index in [4.69, 9.17) is 4.74 Å². The normalized spacial score (nSPS) is 17.4. The minimum Gasteiger partial charge on any atom is -0.508 e. The number of phenols is 1. The Balaban J connectivity index is 1.91. The fraction of sp³-hybridized carbons (Fsp3) is 0.120. The highest BCUT2D eigenvalue weighted by Crippen LogP contribution is 2.43. The number of nitrogens with zero attached hydrogens (tertiary/aromatic N) is 1. The summed E-state index contributed by atoms with van der Waals surface area (Å²) < 4.78 is 33.5. The van der Waals surface area contributed by atoms with Crippen LogP contribution >= 0.6 is 0 Å². The zero-order chi connectivity index (χ0) is 23.7. The molecule has 0 radical (unpaired) electrons. The fourth-order valence-corrected chi connectivity index (χ4v) is 3.76. The molecule has 0 aliphatic carbocycles. The third kappa shape index (κ3) is 4.03. The summed E-state index contributed by atoms with van der Waals surface area (Å²) in [5, 5.41) is 20.7. The average Bonchev–Trinajstić information content (AvgIpc) is 3.05. The van der Waals surface area contributed by atoms with Gasteiger partial charge in [0.05, 0.1) is 23.9 Å². The number of carbonyl (C=O) groups excluding carboxylic acids is 2. The van der Waals surface area contributed by atoms with Gasteiger partial charge in [-0.1, -0.05) is 12.1 Å². The number of halogens is 2. The van der Waals surface area contributed by atoms with Gasteiger partial charge in [-0.3, -0.25) is 14.5 Å². The molecule has 1 amide bonds. The van der Waals surface area contributed by atoms with Gasteiger partial charge in [0.2, 0.25) is 0 Å². The molecule has 2 N–H and O–H groups in total. The summed E-state index contributed by atoms with van der Waals surface area (Å²) in [6.07, 6.45) is 0. The van der Waals surface area contributed by atoms with Crippen LogP contribution in [0.1, 0.15) is 24.1 Å². The monoisotopic (exact) mass is 451 g/mol. The van der Waals surface area contributed by atoms with Crippen LogP contribution in [0, 0.1) is 11.6 Å². The summed E-state index contributed by atoms with van der Waals surface area (Å²) in [6, 6.07) is 13.3. The summed E-state index contributed by atoms with van der Waals surface area (Å²) in [5.41, 5.74) is 0.00362. The summed E-state index contributed by atoms with van der Waals surface area (Å²) in [7, 11) is 0. The predicted molar refractivity (Wildman–Crippen MR) is 117 cm³/mol. The number of amides is 1. The largest absolute Gasteiger partial charge is 0.508 e. The van der Waals surface area contributed by atoms with Gasteiger partial charge in [-0.05, 0) is 61.0 Å². The van der Waals surface area contributed by atoms with Gasteiger partial charge in [0.15, 0.2) is 0 Å². The van der Waals surface area contributed by atoms with Crippen LogP contribution in [0.3, 0.4) is 0 Å². The van der Waals surface area contributed by atoms with E-state index in [1.54, 1.807) is 12.1 Å². The van der Waals surface area contributed by atoms with Crippen LogP contribution in [0.2, 0.25) is 0 Å². The molecule has 0 spiro atoms. The lowest BCUT2D eigenvalue weighted by Crippen LogP contribution is -2.30. The van der Waals surface area contributed by atoms with Crippen LogP contribution < -0.4 is 9.64 Å². The first-order valence-corrected chi connectivity index (χ1v) is 10.1. The average molecular weight is 451 g/mol. The molecule has 1 aliphatic rings. The number of hydrogen-bond acceptors (Lipinski definition) is 5. The number of phenolic OH excluding ortho intramolecular Hbond substituents is 1. The molecule has 1 fully saturated rings. The zero-order valence-corrected chi connectivity index (χ0v) is 17.5. The van der Waals surface area contributed by atoms with E-state index in [2.05, 4.69) is 0 Å². The molecule has 0 saturated carbocycles. The molecule has 1 atom stereocenters. The standard InChI is InChI=1S/C25H19F2NO5/c1-2-33-18-10-5-15(6-11-18)23(30)21-22(14-3-8-17(29)9-4-14)28(25(32)24(21)31)20-12-7-16(26)13-19(20)27/h3-13,22,29-30H,2H2,1H3/b23-21+. The van der Waals surface area contributed by atoms with E-state index in [9.17, 15) is 28.6 Å². The smallest absolute Gasteiger partial charge is 0.300 e. The van der Waals surface area contributed by atoms with Crippen molar-refractivity contribution < 1.29 is 33.3 Å². The Morgan fingerprint density at radius 3 is 2.27 bits per heavy atom. The van der Waals surface area contributed by atoms with Crippen molar-refractivity contribution in [1.29, 1.82) is 0 Å². The van der Waals surface area contributed by atoms with E-state index in [0.29, 0.717) is 24.0 Å². The van der Waals surface area contributed by atoms with Crippen LogP contribution in [0.15, 0.2) is 72.3 Å². The first kappa shape index (κ1) is 22.0. The second-order valence-electron chi connectivity index (χ2n) is 7.31. The van der Waals surface area contributed by atoms with Crippen LogP contribution in [0.5, 0.6) is 11.5 Å². The lowest BCUT2D eigenvalue weighted by atomic mass is 9.95. The van der Waals surface area contributed by atoms with Crippen molar-refractivity contribution in [3.63, 3.8) is 0 Å². The highest BCUT2D eigenvalue weighted by atomic mass is 19.1. The number of carbonyl (C=O) groups is 2. The number of rotatable bonds is 5. The Kier molecular flexibility index (Phi) is 5.83. The van der Waals surface area contributed by atoms with E-state index in [1.165, 1.54) is 36.4 Å². The molecule has 3 aromatic carbocycles. The quantitative estimate of drug-likeness (QED) is 0.334. The van der Waals surface area contributed by atoms with Crippen molar-refractivity contribution in [2.24, 2.45) is 0 Å². The predicted octanol–water partition coefficient (Wildman–Crippen LogP) is 4.70. The Hall–Kier alpha value is -4.20. The molecule has 8 heteroatoms. The lowest BCUT2D eigenvalue weighted by Gasteiger charge is -2.25. The number of ketones is 1. The molecule has 6 nitrogen and oxygen atoms in total. The van der Waals surface area contributed by atoms with E-state index in [1.807, 2.05) is 6.92 Å². The maximum atomic E-state index is 14.6. The number of aliphatic hydroxyl groups excluding tert-OH is 1. The summed E-state index contributed by atoms with van der Waals surface area (Å²) in [4.78, 5) is 26.9. The number of ether oxygens (including phenoxy) is 1. The molecule has 1 unspecified atom stereocenters. The molecule has 1 aliphatic heterocycles. The number of benzene rings is 3. The first-order valence-electron chi connectivity index (χ1n) is 10.1. The first-order chi connectivity index (χ1) is 15.8. The zero-order valence-electron chi connectivity index (χ0n) is 17.5. The molecule has 0 bridgehead atoms. The summed E-state index contributed by atoms with van der Waals surface area (Å²) >= 11 is 0. The van der Waals surface area contributed by atoms with Crippen molar-refractivity contribution in [2.75, 3.05) is 11.5 Å². The number of anilines is 1. The third-order valence-corrected chi connectivity index (χ3v) is 5.26. The van der Waals surface area contributed by atoms with Gasteiger partial charge in [-0.2, -0.15) is 0 Å². The van der Waals surface area contributed by atoms with E-state index < -0.39 is 35.1 Å². The molecule has 1 heterocycles. The minimum absolute atomic E-state index is 0.0600. The van der Waals surface area contributed by atoms with Crippen LogP contribution in [0.25, 0.3) is 5.76 Å². The Labute approximate surface area is 188 Å². The van der Waals surface area contributed by atoms with Crippen molar-refractivity contribution in [3.05, 3.63) is 95.1 Å². The maximum Gasteiger partial charge on any atom is 0.300 e. The molecular formula is C25H19F2NO5. The second kappa shape index (κ2) is 8.74. The molecule has 168 valence electrons. The summed E-state index contributed by atoms with van der Waals surface area (Å²) in [5.74, 6) is -3.95. The fourth-order valence-electron chi connectivity index (χ4n) is 3.76. The highest BCUT2D eigenvalue weighted by Gasteiger charge is 2.47. The van der Waals surface area contributed by atoms with Gasteiger partial charge in [0.1, 0.15) is 28.9 Å². The Bertz CT molecular complexity index is 1250. The van der Waals surface area contributed by atoms with Crippen LogP contribution in [0.4, 0.5) is 14.5 Å². The molecule has 0 aromatic heterocycles. The van der Waals surface area contributed by atoms with Gasteiger partial charge in [-0.25, -0.2) is 8.78 Å². The van der Waals surface area contributed by atoms with Gasteiger partial charge in [0.25, 0.3) is 11.7 Å². The Morgan fingerprint density at radius 1 is 1.00 bits per heavy atom. The number of Topliss-reactive ketones (excluding diaryl/α,β-unsaturated/α-hetero) is 1. The van der Waals surface area contributed by atoms with Crippen molar-refractivity contribution in [3.8, 4) is 11.5 Å². The van der Waals surface area contributed by atoms with Gasteiger partial charge in [-0.15, -0.1) is 0 Å². The molecular weight excluding hydrogens is 432 g/mol. The van der Waals surface area contributed by atoms with Crippen LogP contribution in [-0.2, 0) is 9.59 Å². The van der Waals surface area contributed by atoms with Crippen molar-refractivity contribution in [2.45, 2.75) is 13.0 Å². The number of hydrogen-bond donors (Lipinski definition) is 2. The van der Waals surface area contributed by atoms with Crippen LogP contribution in [-0.4, -0.2) is 28.5 Å². The van der Waals surface area contributed by atoms with Crippen molar-refractivity contribution in [1.82, 2.24) is 0 Å².